The molecule has 1 heteroatoms. The van der Waals surface area contributed by atoms with Crippen LogP contribution in [0.15, 0.2) is 54.7 Å². The van der Waals surface area contributed by atoms with Gasteiger partial charge in [-0.3, -0.25) is 0 Å². The second kappa shape index (κ2) is 4.34. The maximum atomic E-state index is 2.26. The number of rotatable bonds is 2. The number of pyridine rings is 1. The monoisotopic (exact) mass is 235 g/mol. The molecule has 1 nitrogen and oxygen atoms in total. The lowest BCUT2D eigenvalue weighted by Crippen LogP contribution is -1.90. The Kier molecular flexibility index (Phi) is 2.67. The number of benzene rings is 1. The summed E-state index contributed by atoms with van der Waals surface area (Å²) in [5.74, 6) is 0. The molecule has 2 aromatic heterocycles. The summed E-state index contributed by atoms with van der Waals surface area (Å²) in [6, 6.07) is 17.5. The molecule has 0 unspecified atom stereocenters. The van der Waals surface area contributed by atoms with Gasteiger partial charge in [-0.15, -0.1) is 0 Å². The lowest BCUT2D eigenvalue weighted by atomic mass is 10.1. The molecule has 0 aliphatic heterocycles. The minimum Gasteiger partial charge on any atom is -0.316 e. The number of aryl methyl sites for hydroxylation is 2. The Morgan fingerprint density at radius 2 is 1.78 bits per heavy atom. The van der Waals surface area contributed by atoms with Gasteiger partial charge in [0.05, 0.1) is 5.69 Å². The third-order valence-electron chi connectivity index (χ3n) is 3.43. The van der Waals surface area contributed by atoms with E-state index in [-0.39, 0.29) is 0 Å². The van der Waals surface area contributed by atoms with Crippen LogP contribution in [0.4, 0.5) is 0 Å². The van der Waals surface area contributed by atoms with Crippen molar-refractivity contribution in [2.75, 3.05) is 0 Å². The molecule has 18 heavy (non-hydrogen) atoms. The Morgan fingerprint density at radius 3 is 2.50 bits per heavy atom. The zero-order valence-corrected chi connectivity index (χ0v) is 10.9. The Balaban J connectivity index is 2.17. The third-order valence-corrected chi connectivity index (χ3v) is 3.43. The quantitative estimate of drug-likeness (QED) is 0.617. The number of fused-ring (bicyclic) bond motifs is 1. The van der Waals surface area contributed by atoms with Crippen molar-refractivity contribution in [2.45, 2.75) is 20.3 Å². The smallest absolute Gasteiger partial charge is 0.0527 e. The number of hydrogen-bond acceptors (Lipinski definition) is 0. The number of hydrogen-bond donors (Lipinski definition) is 0. The van der Waals surface area contributed by atoms with Gasteiger partial charge in [0.25, 0.3) is 0 Å². The van der Waals surface area contributed by atoms with Crippen LogP contribution < -0.4 is 0 Å². The Bertz CT molecular complexity index is 674. The van der Waals surface area contributed by atoms with Crippen molar-refractivity contribution in [3.05, 3.63) is 65.9 Å². The van der Waals surface area contributed by atoms with E-state index >= 15 is 0 Å². The molecule has 0 aliphatic carbocycles. The first-order valence-corrected chi connectivity index (χ1v) is 6.45. The maximum Gasteiger partial charge on any atom is 0.0527 e. The van der Waals surface area contributed by atoms with E-state index in [9.17, 15) is 0 Å². The molecule has 0 bridgehead atoms. The van der Waals surface area contributed by atoms with Crippen LogP contribution in [0, 0.1) is 6.92 Å². The van der Waals surface area contributed by atoms with Crippen LogP contribution in [0.25, 0.3) is 16.8 Å². The largest absolute Gasteiger partial charge is 0.316 e. The molecule has 3 aromatic rings. The fourth-order valence-corrected chi connectivity index (χ4v) is 2.42. The van der Waals surface area contributed by atoms with Gasteiger partial charge in [-0.2, -0.15) is 0 Å². The average Bonchev–Trinajstić information content (AvgIpc) is 2.79. The van der Waals surface area contributed by atoms with Crippen LogP contribution in [0.5, 0.6) is 0 Å². The van der Waals surface area contributed by atoms with Crippen LogP contribution >= 0.6 is 0 Å². The van der Waals surface area contributed by atoms with E-state index in [1.54, 1.807) is 0 Å². The van der Waals surface area contributed by atoms with Gasteiger partial charge in [0.15, 0.2) is 0 Å². The molecule has 0 spiro atoms. The minimum atomic E-state index is 1.09. The molecule has 3 rings (SSSR count). The molecule has 2 heterocycles. The van der Waals surface area contributed by atoms with Gasteiger partial charge in [0, 0.05) is 11.7 Å². The predicted octanol–water partition coefficient (Wildman–Crippen LogP) is 4.48. The van der Waals surface area contributed by atoms with Crippen LogP contribution in [0.2, 0.25) is 0 Å². The number of aromatic nitrogens is 1. The van der Waals surface area contributed by atoms with Gasteiger partial charge < -0.3 is 4.40 Å². The minimum absolute atomic E-state index is 1.09. The van der Waals surface area contributed by atoms with Crippen molar-refractivity contribution in [2.24, 2.45) is 0 Å². The Labute approximate surface area is 108 Å². The van der Waals surface area contributed by atoms with E-state index in [0.717, 1.165) is 6.42 Å². The summed E-state index contributed by atoms with van der Waals surface area (Å²) >= 11 is 0. The highest BCUT2D eigenvalue weighted by Gasteiger charge is 2.03. The SMILES string of the molecule is CCc1ccc(-c2cccc3cc(C)cn23)cc1. The van der Waals surface area contributed by atoms with Gasteiger partial charge in [-0.25, -0.2) is 0 Å². The van der Waals surface area contributed by atoms with Crippen molar-refractivity contribution in [3.63, 3.8) is 0 Å². The van der Waals surface area contributed by atoms with E-state index < -0.39 is 0 Å². The second-order valence-corrected chi connectivity index (χ2v) is 4.77. The van der Waals surface area contributed by atoms with Crippen LogP contribution in [0.3, 0.4) is 0 Å². The standard InChI is InChI=1S/C17H17N/c1-3-14-7-9-15(10-8-14)17-6-4-5-16-11-13(2)12-18(16)17/h4-12H,3H2,1-2H3. The summed E-state index contributed by atoms with van der Waals surface area (Å²) < 4.78 is 2.26. The first kappa shape index (κ1) is 11.1. The highest BCUT2D eigenvalue weighted by molar-refractivity contribution is 5.66. The van der Waals surface area contributed by atoms with Gasteiger partial charge in [0.2, 0.25) is 0 Å². The van der Waals surface area contributed by atoms with E-state index in [4.69, 9.17) is 0 Å². The summed E-state index contributed by atoms with van der Waals surface area (Å²) in [6.07, 6.45) is 3.28. The molecule has 90 valence electrons. The molecule has 0 radical (unpaired) electrons. The molecular formula is C17H17N. The molecule has 0 N–H and O–H groups in total. The van der Waals surface area contributed by atoms with E-state index in [2.05, 4.69) is 73.0 Å². The molecular weight excluding hydrogens is 218 g/mol. The van der Waals surface area contributed by atoms with Crippen molar-refractivity contribution in [1.82, 2.24) is 4.40 Å². The fraction of sp³-hybridized carbons (Fsp3) is 0.176. The summed E-state index contributed by atoms with van der Waals surface area (Å²) in [5.41, 5.74) is 6.46. The zero-order chi connectivity index (χ0) is 12.5. The van der Waals surface area contributed by atoms with E-state index in [1.807, 2.05) is 0 Å². The van der Waals surface area contributed by atoms with E-state index in [1.165, 1.54) is 27.9 Å². The normalized spacial score (nSPS) is 11.0. The van der Waals surface area contributed by atoms with Crippen LogP contribution in [-0.4, -0.2) is 4.40 Å². The Hall–Kier alpha value is -2.02. The van der Waals surface area contributed by atoms with Crippen molar-refractivity contribution >= 4 is 5.52 Å². The van der Waals surface area contributed by atoms with Crippen molar-refractivity contribution in [1.29, 1.82) is 0 Å². The highest BCUT2D eigenvalue weighted by atomic mass is 14.9. The molecule has 0 saturated heterocycles. The van der Waals surface area contributed by atoms with Gasteiger partial charge in [-0.05, 0) is 48.2 Å². The molecule has 1 aromatic carbocycles. The fourth-order valence-electron chi connectivity index (χ4n) is 2.42. The summed E-state index contributed by atoms with van der Waals surface area (Å²) in [6.45, 7) is 4.32. The van der Waals surface area contributed by atoms with Crippen LogP contribution in [-0.2, 0) is 6.42 Å². The topological polar surface area (TPSA) is 4.41 Å². The highest BCUT2D eigenvalue weighted by Crippen LogP contribution is 2.23. The first-order valence-electron chi connectivity index (χ1n) is 6.45. The first-order chi connectivity index (χ1) is 8.78. The molecule has 0 amide bonds. The second-order valence-electron chi connectivity index (χ2n) is 4.77. The molecule has 0 aliphatic rings. The van der Waals surface area contributed by atoms with Crippen LogP contribution in [0.1, 0.15) is 18.1 Å². The lowest BCUT2D eigenvalue weighted by molar-refractivity contribution is 1.14. The third kappa shape index (κ3) is 1.82. The van der Waals surface area contributed by atoms with Gasteiger partial charge in [0.1, 0.15) is 0 Å². The summed E-state index contributed by atoms with van der Waals surface area (Å²) in [4.78, 5) is 0. The molecule has 0 atom stereocenters. The molecule has 0 saturated carbocycles. The maximum absolute atomic E-state index is 2.26. The number of nitrogens with zero attached hydrogens (tertiary/aromatic N) is 1. The predicted molar refractivity (Wildman–Crippen MR) is 76.9 cm³/mol. The van der Waals surface area contributed by atoms with Crippen molar-refractivity contribution < 1.29 is 0 Å². The summed E-state index contributed by atoms with van der Waals surface area (Å²) in [7, 11) is 0. The van der Waals surface area contributed by atoms with Crippen molar-refractivity contribution in [3.8, 4) is 11.3 Å². The average molecular weight is 235 g/mol. The summed E-state index contributed by atoms with van der Waals surface area (Å²) in [5, 5.41) is 0. The van der Waals surface area contributed by atoms with Gasteiger partial charge >= 0.3 is 0 Å². The Morgan fingerprint density at radius 1 is 1.00 bits per heavy atom. The molecule has 0 fully saturated rings. The zero-order valence-electron chi connectivity index (χ0n) is 10.9. The van der Waals surface area contributed by atoms with Gasteiger partial charge in [-0.1, -0.05) is 37.3 Å². The van der Waals surface area contributed by atoms with E-state index in [0.29, 0.717) is 0 Å². The lowest BCUT2D eigenvalue weighted by Gasteiger charge is -2.07.